The Morgan fingerprint density at radius 2 is 1.95 bits per heavy atom. The number of hydrogen-bond acceptors (Lipinski definition) is 3. The van der Waals surface area contributed by atoms with Gasteiger partial charge in [0.25, 0.3) is 0 Å². The van der Waals surface area contributed by atoms with Crippen molar-refractivity contribution in [2.45, 2.75) is 39.5 Å². The molecule has 1 aromatic rings. The molecule has 0 aliphatic carbocycles. The molecule has 0 spiro atoms. The van der Waals surface area contributed by atoms with E-state index in [1.807, 2.05) is 0 Å². The Hall–Kier alpha value is -1.06. The van der Waals surface area contributed by atoms with E-state index >= 15 is 0 Å². The van der Waals surface area contributed by atoms with Crippen LogP contribution >= 0.6 is 0 Å². The van der Waals surface area contributed by atoms with Crippen LogP contribution in [0.2, 0.25) is 0 Å². The van der Waals surface area contributed by atoms with Gasteiger partial charge in [-0.3, -0.25) is 4.90 Å². The highest BCUT2D eigenvalue weighted by Crippen LogP contribution is 2.23. The first kappa shape index (κ1) is 16.3. The summed E-state index contributed by atoms with van der Waals surface area (Å²) in [7, 11) is 0. The Morgan fingerprint density at radius 3 is 2.67 bits per heavy atom. The average Bonchev–Trinajstić information content (AvgIpc) is 2.51. The number of hydrogen-bond donors (Lipinski definition) is 0. The topological polar surface area (TPSA) is 21.7 Å². The normalized spacial score (nSPS) is 16.1. The molecule has 1 aliphatic heterocycles. The number of rotatable bonds is 8. The third kappa shape index (κ3) is 5.33. The van der Waals surface area contributed by atoms with Gasteiger partial charge in [0.2, 0.25) is 0 Å². The largest absolute Gasteiger partial charge is 0.494 e. The highest BCUT2D eigenvalue weighted by Gasteiger charge is 2.11. The first-order valence-electron chi connectivity index (χ1n) is 8.38. The smallest absolute Gasteiger partial charge is 0.122 e. The first-order valence-corrected chi connectivity index (χ1v) is 8.38. The number of benzene rings is 1. The third-order valence-corrected chi connectivity index (χ3v) is 3.99. The summed E-state index contributed by atoms with van der Waals surface area (Å²) < 4.78 is 11.2. The lowest BCUT2D eigenvalue weighted by Gasteiger charge is -2.26. The monoisotopic (exact) mass is 291 g/mol. The Labute approximate surface area is 129 Å². The van der Waals surface area contributed by atoms with Crippen molar-refractivity contribution in [2.24, 2.45) is 0 Å². The fourth-order valence-electron chi connectivity index (χ4n) is 2.89. The van der Waals surface area contributed by atoms with Gasteiger partial charge in [0.05, 0.1) is 19.8 Å². The third-order valence-electron chi connectivity index (χ3n) is 3.99. The van der Waals surface area contributed by atoms with E-state index < -0.39 is 0 Å². The standard InChI is InChI=1S/C18H29NO2/c1-3-6-16-8-9-18(21-4-2)17(15-16)7-5-10-19-11-13-20-14-12-19/h8-9,15H,3-7,10-14H2,1-2H3. The van der Waals surface area contributed by atoms with Gasteiger partial charge < -0.3 is 9.47 Å². The molecule has 1 fully saturated rings. The molecule has 0 N–H and O–H groups in total. The lowest BCUT2D eigenvalue weighted by atomic mass is 10.0. The maximum Gasteiger partial charge on any atom is 0.122 e. The summed E-state index contributed by atoms with van der Waals surface area (Å²) in [4.78, 5) is 2.50. The maximum absolute atomic E-state index is 5.78. The average molecular weight is 291 g/mol. The molecule has 118 valence electrons. The maximum atomic E-state index is 5.78. The summed E-state index contributed by atoms with van der Waals surface area (Å²) in [6.07, 6.45) is 4.64. The molecule has 1 saturated heterocycles. The molecule has 1 heterocycles. The van der Waals surface area contributed by atoms with Crippen molar-refractivity contribution >= 4 is 0 Å². The van der Waals surface area contributed by atoms with E-state index in [1.54, 1.807) is 0 Å². The van der Waals surface area contributed by atoms with E-state index in [1.165, 1.54) is 24.0 Å². The second kappa shape index (κ2) is 9.06. The zero-order valence-corrected chi connectivity index (χ0v) is 13.6. The second-order valence-corrected chi connectivity index (χ2v) is 5.68. The molecule has 2 rings (SSSR count). The minimum Gasteiger partial charge on any atom is -0.494 e. The van der Waals surface area contributed by atoms with Crippen LogP contribution in [0.1, 0.15) is 37.8 Å². The van der Waals surface area contributed by atoms with Crippen molar-refractivity contribution in [3.8, 4) is 5.75 Å². The Balaban J connectivity index is 1.90. The van der Waals surface area contributed by atoms with Crippen LogP contribution in [0.15, 0.2) is 18.2 Å². The Morgan fingerprint density at radius 1 is 1.14 bits per heavy atom. The fourth-order valence-corrected chi connectivity index (χ4v) is 2.89. The summed E-state index contributed by atoms with van der Waals surface area (Å²) in [5.74, 6) is 1.07. The van der Waals surface area contributed by atoms with Gasteiger partial charge in [-0.25, -0.2) is 0 Å². The molecule has 3 heteroatoms. The molecular weight excluding hydrogens is 262 g/mol. The lowest BCUT2D eigenvalue weighted by molar-refractivity contribution is 0.0374. The summed E-state index contributed by atoms with van der Waals surface area (Å²) in [5, 5.41) is 0. The molecule has 1 aromatic carbocycles. The summed E-state index contributed by atoms with van der Waals surface area (Å²) in [6, 6.07) is 6.70. The van der Waals surface area contributed by atoms with E-state index in [-0.39, 0.29) is 0 Å². The van der Waals surface area contributed by atoms with Gasteiger partial charge in [-0.2, -0.15) is 0 Å². The molecule has 0 unspecified atom stereocenters. The SMILES string of the molecule is CCCc1ccc(OCC)c(CCCN2CCOCC2)c1. The fraction of sp³-hybridized carbons (Fsp3) is 0.667. The Kier molecular flexibility index (Phi) is 7.04. The molecule has 0 bridgehead atoms. The number of aryl methyl sites for hydroxylation is 2. The first-order chi connectivity index (χ1) is 10.3. The summed E-state index contributed by atoms with van der Waals surface area (Å²) in [5.41, 5.74) is 2.80. The lowest BCUT2D eigenvalue weighted by Crippen LogP contribution is -2.36. The van der Waals surface area contributed by atoms with Gasteiger partial charge in [0.1, 0.15) is 5.75 Å². The summed E-state index contributed by atoms with van der Waals surface area (Å²) >= 11 is 0. The van der Waals surface area contributed by atoms with Gasteiger partial charge in [-0.15, -0.1) is 0 Å². The van der Waals surface area contributed by atoms with E-state index in [9.17, 15) is 0 Å². The minimum absolute atomic E-state index is 0.740. The van der Waals surface area contributed by atoms with Gasteiger partial charge >= 0.3 is 0 Å². The van der Waals surface area contributed by atoms with Crippen LogP contribution in [0.3, 0.4) is 0 Å². The van der Waals surface area contributed by atoms with Gasteiger partial charge in [-0.1, -0.05) is 25.5 Å². The van der Waals surface area contributed by atoms with E-state index in [2.05, 4.69) is 36.9 Å². The van der Waals surface area contributed by atoms with Crippen molar-refractivity contribution in [3.05, 3.63) is 29.3 Å². The molecule has 0 atom stereocenters. The number of nitrogens with zero attached hydrogens (tertiary/aromatic N) is 1. The van der Waals surface area contributed by atoms with Crippen molar-refractivity contribution in [1.82, 2.24) is 4.90 Å². The predicted octanol–water partition coefficient (Wildman–Crippen LogP) is 3.30. The molecule has 0 aromatic heterocycles. The summed E-state index contributed by atoms with van der Waals surface area (Å²) in [6.45, 7) is 10.1. The Bertz CT molecular complexity index is 414. The molecule has 0 amide bonds. The van der Waals surface area contributed by atoms with Crippen molar-refractivity contribution in [2.75, 3.05) is 39.5 Å². The quantitative estimate of drug-likeness (QED) is 0.733. The van der Waals surface area contributed by atoms with Crippen molar-refractivity contribution in [3.63, 3.8) is 0 Å². The van der Waals surface area contributed by atoms with E-state index in [4.69, 9.17) is 9.47 Å². The van der Waals surface area contributed by atoms with Crippen LogP contribution in [0.5, 0.6) is 5.75 Å². The zero-order chi connectivity index (χ0) is 14.9. The molecule has 3 nitrogen and oxygen atoms in total. The van der Waals surface area contributed by atoms with Crippen LogP contribution < -0.4 is 4.74 Å². The molecule has 0 saturated carbocycles. The van der Waals surface area contributed by atoms with Crippen molar-refractivity contribution in [1.29, 1.82) is 0 Å². The van der Waals surface area contributed by atoms with Crippen LogP contribution in [0.4, 0.5) is 0 Å². The van der Waals surface area contributed by atoms with Crippen LogP contribution in [-0.2, 0) is 17.6 Å². The highest BCUT2D eigenvalue weighted by atomic mass is 16.5. The highest BCUT2D eigenvalue weighted by molar-refractivity contribution is 5.37. The predicted molar refractivity (Wildman–Crippen MR) is 87.2 cm³/mol. The van der Waals surface area contributed by atoms with Crippen molar-refractivity contribution < 1.29 is 9.47 Å². The second-order valence-electron chi connectivity index (χ2n) is 5.68. The minimum atomic E-state index is 0.740. The van der Waals surface area contributed by atoms with Crippen LogP contribution in [0.25, 0.3) is 0 Å². The van der Waals surface area contributed by atoms with Crippen LogP contribution in [-0.4, -0.2) is 44.4 Å². The molecule has 0 radical (unpaired) electrons. The van der Waals surface area contributed by atoms with Crippen LogP contribution in [0, 0.1) is 0 Å². The van der Waals surface area contributed by atoms with E-state index in [0.29, 0.717) is 0 Å². The molecule has 21 heavy (non-hydrogen) atoms. The van der Waals surface area contributed by atoms with E-state index in [0.717, 1.165) is 58.0 Å². The molecule has 1 aliphatic rings. The van der Waals surface area contributed by atoms with Gasteiger partial charge in [0, 0.05) is 13.1 Å². The van der Waals surface area contributed by atoms with Gasteiger partial charge in [-0.05, 0) is 49.9 Å². The zero-order valence-electron chi connectivity index (χ0n) is 13.6. The van der Waals surface area contributed by atoms with Gasteiger partial charge in [0.15, 0.2) is 0 Å². The number of ether oxygens (including phenoxy) is 2. The molecular formula is C18H29NO2. The number of morpholine rings is 1.